The van der Waals surface area contributed by atoms with Crippen LogP contribution in [-0.4, -0.2) is 28.0 Å². The molecule has 2 aromatic carbocycles. The molecule has 5 nitrogen and oxygen atoms in total. The van der Waals surface area contributed by atoms with E-state index >= 15 is 4.39 Å². The predicted molar refractivity (Wildman–Crippen MR) is 143 cm³/mol. The highest BCUT2D eigenvalue weighted by Gasteiger charge is 2.49. The van der Waals surface area contributed by atoms with Gasteiger partial charge in [0, 0.05) is 11.5 Å². The monoisotopic (exact) mass is 574 g/mol. The molecule has 0 bridgehead atoms. The van der Waals surface area contributed by atoms with E-state index in [4.69, 9.17) is 4.74 Å². The van der Waals surface area contributed by atoms with Crippen molar-refractivity contribution in [3.05, 3.63) is 35.6 Å². The Labute approximate surface area is 223 Å². The van der Waals surface area contributed by atoms with E-state index in [0.29, 0.717) is 0 Å². The molecule has 0 radical (unpaired) electrons. The number of fused-ring (bicyclic) bond motifs is 1. The molecule has 2 rings (SSSR count). The summed E-state index contributed by atoms with van der Waals surface area (Å²) in [5.41, 5.74) is -3.16. The molecule has 38 heavy (non-hydrogen) atoms. The number of hydrogen-bond acceptors (Lipinski definition) is 5. The van der Waals surface area contributed by atoms with Crippen LogP contribution in [0.25, 0.3) is 10.8 Å². The van der Waals surface area contributed by atoms with E-state index in [1.807, 2.05) is 41.5 Å². The number of rotatable bonds is 6. The van der Waals surface area contributed by atoms with E-state index in [9.17, 15) is 26.4 Å². The van der Waals surface area contributed by atoms with Crippen LogP contribution in [0.15, 0.2) is 24.3 Å². The van der Waals surface area contributed by atoms with Crippen molar-refractivity contribution in [2.45, 2.75) is 84.4 Å². The van der Waals surface area contributed by atoms with Crippen molar-refractivity contribution in [3.63, 3.8) is 0 Å². The van der Waals surface area contributed by atoms with Gasteiger partial charge in [0.05, 0.1) is 11.0 Å². The summed E-state index contributed by atoms with van der Waals surface area (Å²) < 4.78 is 88.6. The molecule has 210 valence electrons. The zero-order chi connectivity index (χ0) is 29.4. The van der Waals surface area contributed by atoms with Crippen LogP contribution in [0.5, 0.6) is 11.5 Å². The molecular formula is C27H34F4O5SSi. The van der Waals surface area contributed by atoms with Crippen LogP contribution < -0.4 is 8.92 Å². The van der Waals surface area contributed by atoms with Crippen molar-refractivity contribution in [1.82, 2.24) is 0 Å². The molecule has 0 saturated carbocycles. The van der Waals surface area contributed by atoms with Crippen molar-refractivity contribution in [2.24, 2.45) is 5.41 Å². The fourth-order valence-electron chi connectivity index (χ4n) is 4.65. The van der Waals surface area contributed by atoms with E-state index in [-0.39, 0.29) is 38.7 Å². The van der Waals surface area contributed by atoms with Gasteiger partial charge in [0.1, 0.15) is 19.6 Å². The maximum Gasteiger partial charge on any atom is 0.534 e. The lowest BCUT2D eigenvalue weighted by Crippen LogP contribution is -2.43. The number of benzene rings is 2. The van der Waals surface area contributed by atoms with Crippen molar-refractivity contribution in [1.29, 1.82) is 0 Å². The summed E-state index contributed by atoms with van der Waals surface area (Å²) in [6, 6.07) is 4.44. The minimum Gasteiger partial charge on any atom is -0.426 e. The highest BCUT2D eigenvalue weighted by Crippen LogP contribution is 2.42. The molecule has 0 aliphatic carbocycles. The molecule has 0 heterocycles. The van der Waals surface area contributed by atoms with Crippen LogP contribution in [0.1, 0.15) is 67.9 Å². The summed E-state index contributed by atoms with van der Waals surface area (Å²) in [7, 11) is -8.54. The molecule has 0 atom stereocenters. The van der Waals surface area contributed by atoms with Gasteiger partial charge in [-0.15, -0.1) is 5.54 Å². The third-order valence-electron chi connectivity index (χ3n) is 6.58. The highest BCUT2D eigenvalue weighted by atomic mass is 32.2. The first-order valence-corrected chi connectivity index (χ1v) is 15.8. The quantitative estimate of drug-likeness (QED) is 0.0672. The molecule has 2 aromatic rings. The largest absolute Gasteiger partial charge is 0.534 e. The number of esters is 1. The van der Waals surface area contributed by atoms with Crippen LogP contribution in [-0.2, 0) is 14.9 Å². The van der Waals surface area contributed by atoms with Crippen LogP contribution >= 0.6 is 0 Å². The molecular weight excluding hydrogens is 540 g/mol. The Hall–Kier alpha value is -2.58. The number of hydrogen-bond donors (Lipinski definition) is 0. The smallest absolute Gasteiger partial charge is 0.426 e. The van der Waals surface area contributed by atoms with Gasteiger partial charge in [-0.2, -0.15) is 21.6 Å². The third-order valence-corrected chi connectivity index (χ3v) is 13.8. The molecule has 0 aromatic heterocycles. The number of ether oxygens (including phenoxy) is 1. The molecule has 0 aliphatic rings. The van der Waals surface area contributed by atoms with Gasteiger partial charge >= 0.3 is 21.6 Å². The van der Waals surface area contributed by atoms with E-state index in [1.54, 1.807) is 20.8 Å². The molecule has 0 saturated heterocycles. The number of alkyl halides is 3. The van der Waals surface area contributed by atoms with E-state index < -0.39 is 46.7 Å². The zero-order valence-electron chi connectivity index (χ0n) is 23.0. The lowest BCUT2D eigenvalue weighted by molar-refractivity contribution is -0.142. The van der Waals surface area contributed by atoms with Gasteiger partial charge in [0.15, 0.2) is 5.75 Å². The second-order valence-corrected chi connectivity index (χ2v) is 18.3. The summed E-state index contributed by atoms with van der Waals surface area (Å²) in [4.78, 5) is 12.4. The van der Waals surface area contributed by atoms with Gasteiger partial charge in [0.2, 0.25) is 0 Å². The van der Waals surface area contributed by atoms with E-state index in [1.165, 1.54) is 12.1 Å². The maximum atomic E-state index is 15.2. The van der Waals surface area contributed by atoms with Gasteiger partial charge in [-0.25, -0.2) is 4.39 Å². The standard InChI is InChI=1S/C27H34F4O5SSi/c1-16(2)38(17(3)4,18(5)6)13-12-21-22(28)11-10-19-14-20(35-25(32)26(7,8)9)15-23(24(19)21)36-37(33,34)27(29,30)31/h10-11,14-18H,1-9H3. The first kappa shape index (κ1) is 31.6. The minimum absolute atomic E-state index is 0.0909. The highest BCUT2D eigenvalue weighted by molar-refractivity contribution is 7.88. The topological polar surface area (TPSA) is 69.7 Å². The zero-order valence-corrected chi connectivity index (χ0v) is 24.8. The van der Waals surface area contributed by atoms with Crippen LogP contribution in [0, 0.1) is 22.7 Å². The Balaban J connectivity index is 2.95. The SMILES string of the molecule is CC(C)[Si](C#Cc1c(F)ccc2cc(OC(=O)C(C)(C)C)cc(OS(=O)(=O)C(F)(F)F)c12)(C(C)C)C(C)C. The van der Waals surface area contributed by atoms with E-state index in [0.717, 1.165) is 12.1 Å². The molecule has 0 spiro atoms. The molecule has 0 amide bonds. The molecule has 0 unspecified atom stereocenters. The Morgan fingerprint density at radius 3 is 1.92 bits per heavy atom. The summed E-state index contributed by atoms with van der Waals surface area (Å²) in [6.45, 7) is 17.0. The number of halogens is 4. The van der Waals surface area contributed by atoms with Crippen LogP contribution in [0.3, 0.4) is 0 Å². The average Bonchev–Trinajstić information content (AvgIpc) is 2.73. The van der Waals surface area contributed by atoms with Crippen molar-refractivity contribution in [3.8, 4) is 23.0 Å². The average molecular weight is 575 g/mol. The number of carbonyl (C=O) groups is 1. The lowest BCUT2D eigenvalue weighted by atomic mass is 9.97. The van der Waals surface area contributed by atoms with Crippen LogP contribution in [0.4, 0.5) is 17.6 Å². The van der Waals surface area contributed by atoms with Crippen molar-refractivity contribution < 1.29 is 39.7 Å². The van der Waals surface area contributed by atoms with Crippen molar-refractivity contribution in [2.75, 3.05) is 0 Å². The second kappa shape index (κ2) is 10.9. The van der Waals surface area contributed by atoms with Gasteiger partial charge in [-0.1, -0.05) is 53.5 Å². The second-order valence-electron chi connectivity index (χ2n) is 11.2. The molecule has 0 fully saturated rings. The summed E-state index contributed by atoms with van der Waals surface area (Å²) in [5, 5.41) is -0.173. The molecule has 0 aliphatic heterocycles. The Bertz CT molecular complexity index is 1360. The van der Waals surface area contributed by atoms with Crippen LogP contribution in [0.2, 0.25) is 16.6 Å². The van der Waals surface area contributed by atoms with Gasteiger partial charge < -0.3 is 8.92 Å². The van der Waals surface area contributed by atoms with Gasteiger partial charge in [0.25, 0.3) is 0 Å². The van der Waals surface area contributed by atoms with Crippen molar-refractivity contribution >= 4 is 34.9 Å². The van der Waals surface area contributed by atoms with Gasteiger partial charge in [-0.3, -0.25) is 4.79 Å². The Morgan fingerprint density at radius 2 is 1.47 bits per heavy atom. The lowest BCUT2D eigenvalue weighted by Gasteiger charge is -2.38. The van der Waals surface area contributed by atoms with E-state index in [2.05, 4.69) is 15.6 Å². The third kappa shape index (κ3) is 6.34. The fourth-order valence-corrected chi connectivity index (χ4v) is 10.3. The molecule has 11 heteroatoms. The molecule has 0 N–H and O–H groups in total. The fraction of sp³-hybridized carbons (Fsp3) is 0.519. The summed E-state index contributed by atoms with van der Waals surface area (Å²) >= 11 is 0. The van der Waals surface area contributed by atoms with Gasteiger partial charge in [-0.05, 0) is 54.9 Å². The summed E-state index contributed by atoms with van der Waals surface area (Å²) in [6.07, 6.45) is 0. The predicted octanol–water partition coefficient (Wildman–Crippen LogP) is 7.73. The first-order valence-electron chi connectivity index (χ1n) is 12.2. The summed E-state index contributed by atoms with van der Waals surface area (Å²) in [5.74, 6) is 0.196. The number of carbonyl (C=O) groups excluding carboxylic acids is 1. The first-order chi connectivity index (χ1) is 17.1. The Kier molecular flexibility index (Phi) is 9.06. The minimum atomic E-state index is -6.13. The maximum absolute atomic E-state index is 15.2. The normalized spacial score (nSPS) is 13.2. The Morgan fingerprint density at radius 1 is 0.947 bits per heavy atom.